The van der Waals surface area contributed by atoms with Crippen LogP contribution in [0.5, 0.6) is 5.75 Å². The van der Waals surface area contributed by atoms with Crippen LogP contribution >= 0.6 is 0 Å². The van der Waals surface area contributed by atoms with Crippen LogP contribution in [0.3, 0.4) is 0 Å². The zero-order chi connectivity index (χ0) is 11.6. The van der Waals surface area contributed by atoms with E-state index in [4.69, 9.17) is 10.5 Å². The van der Waals surface area contributed by atoms with E-state index >= 15 is 0 Å². The third kappa shape index (κ3) is 1.86. The van der Waals surface area contributed by atoms with Crippen LogP contribution in [0.15, 0.2) is 18.2 Å². The lowest BCUT2D eigenvalue weighted by Gasteiger charge is -2.34. The fourth-order valence-electron chi connectivity index (χ4n) is 2.24. The van der Waals surface area contributed by atoms with E-state index in [1.807, 2.05) is 18.2 Å². The van der Waals surface area contributed by atoms with Gasteiger partial charge in [0.05, 0.1) is 18.4 Å². The zero-order valence-electron chi connectivity index (χ0n) is 9.49. The number of hydrogen-bond donors (Lipinski definition) is 3. The molecule has 1 aromatic carbocycles. The van der Waals surface area contributed by atoms with Crippen molar-refractivity contribution in [2.75, 3.05) is 25.9 Å². The molecule has 0 aliphatic carbocycles. The van der Waals surface area contributed by atoms with E-state index in [1.54, 1.807) is 7.11 Å². The maximum absolute atomic E-state index is 10.6. The van der Waals surface area contributed by atoms with E-state index in [-0.39, 0.29) is 0 Å². The summed E-state index contributed by atoms with van der Waals surface area (Å²) in [4.78, 5) is 0. The molecular weight excluding hydrogens is 204 g/mol. The minimum atomic E-state index is -0.816. The van der Waals surface area contributed by atoms with Gasteiger partial charge in [-0.05, 0) is 32.0 Å². The van der Waals surface area contributed by atoms with Gasteiger partial charge in [0.25, 0.3) is 0 Å². The Balaban J connectivity index is 2.38. The number of piperidine rings is 1. The molecule has 16 heavy (non-hydrogen) atoms. The van der Waals surface area contributed by atoms with Crippen molar-refractivity contribution in [1.82, 2.24) is 5.32 Å². The van der Waals surface area contributed by atoms with Crippen LogP contribution < -0.4 is 15.8 Å². The molecule has 1 aromatic rings. The number of para-hydroxylation sites is 1. The SMILES string of the molecule is COc1cccc(C2(O)CCNCC2)c1N. The second-order valence-corrected chi connectivity index (χ2v) is 4.20. The highest BCUT2D eigenvalue weighted by atomic mass is 16.5. The maximum Gasteiger partial charge on any atom is 0.142 e. The number of ether oxygens (including phenoxy) is 1. The van der Waals surface area contributed by atoms with Gasteiger partial charge in [0, 0.05) is 5.56 Å². The smallest absolute Gasteiger partial charge is 0.142 e. The highest BCUT2D eigenvalue weighted by molar-refractivity contribution is 5.60. The van der Waals surface area contributed by atoms with E-state index in [1.165, 1.54) is 0 Å². The molecule has 0 unspecified atom stereocenters. The Morgan fingerprint density at radius 1 is 1.38 bits per heavy atom. The van der Waals surface area contributed by atoms with Crippen molar-refractivity contribution in [2.45, 2.75) is 18.4 Å². The normalized spacial score (nSPS) is 19.4. The van der Waals surface area contributed by atoms with Gasteiger partial charge >= 0.3 is 0 Å². The van der Waals surface area contributed by atoms with E-state index in [0.717, 1.165) is 18.7 Å². The molecule has 4 N–H and O–H groups in total. The fourth-order valence-corrected chi connectivity index (χ4v) is 2.24. The molecule has 1 fully saturated rings. The van der Waals surface area contributed by atoms with Crippen molar-refractivity contribution >= 4 is 5.69 Å². The summed E-state index contributed by atoms with van der Waals surface area (Å²) in [7, 11) is 1.59. The van der Waals surface area contributed by atoms with Crippen LogP contribution in [0.1, 0.15) is 18.4 Å². The first-order valence-corrected chi connectivity index (χ1v) is 5.53. The highest BCUT2D eigenvalue weighted by Gasteiger charge is 2.33. The van der Waals surface area contributed by atoms with Gasteiger partial charge < -0.3 is 20.9 Å². The quantitative estimate of drug-likeness (QED) is 0.649. The number of nitrogen functional groups attached to an aromatic ring is 1. The summed E-state index contributed by atoms with van der Waals surface area (Å²) in [6.07, 6.45) is 1.37. The molecule has 1 aliphatic rings. The van der Waals surface area contributed by atoms with Gasteiger partial charge in [-0.2, -0.15) is 0 Å². The Bertz CT molecular complexity index is 373. The lowest BCUT2D eigenvalue weighted by molar-refractivity contribution is 0.00652. The van der Waals surface area contributed by atoms with Crippen LogP contribution in [0, 0.1) is 0 Å². The molecule has 1 heterocycles. The number of anilines is 1. The Hall–Kier alpha value is -1.26. The molecule has 1 saturated heterocycles. The molecule has 4 nitrogen and oxygen atoms in total. The summed E-state index contributed by atoms with van der Waals surface area (Å²) in [5.41, 5.74) is 6.52. The summed E-state index contributed by atoms with van der Waals surface area (Å²) in [6, 6.07) is 5.55. The monoisotopic (exact) mass is 222 g/mol. The lowest BCUT2D eigenvalue weighted by Crippen LogP contribution is -2.40. The van der Waals surface area contributed by atoms with E-state index in [0.29, 0.717) is 24.3 Å². The minimum Gasteiger partial charge on any atom is -0.495 e. The predicted molar refractivity (Wildman–Crippen MR) is 63.4 cm³/mol. The third-order valence-corrected chi connectivity index (χ3v) is 3.22. The highest BCUT2D eigenvalue weighted by Crippen LogP contribution is 2.37. The van der Waals surface area contributed by atoms with Gasteiger partial charge in [0.15, 0.2) is 0 Å². The topological polar surface area (TPSA) is 67.5 Å². The van der Waals surface area contributed by atoms with Gasteiger partial charge in [0.1, 0.15) is 5.75 Å². The standard InChI is InChI=1S/C12H18N2O2/c1-16-10-4-2-3-9(11(10)13)12(15)5-7-14-8-6-12/h2-4,14-15H,5-8,13H2,1H3. The van der Waals surface area contributed by atoms with Crippen molar-refractivity contribution in [3.05, 3.63) is 23.8 Å². The van der Waals surface area contributed by atoms with E-state index in [9.17, 15) is 5.11 Å². The van der Waals surface area contributed by atoms with E-state index < -0.39 is 5.60 Å². The number of rotatable bonds is 2. The lowest BCUT2D eigenvalue weighted by atomic mass is 9.84. The third-order valence-electron chi connectivity index (χ3n) is 3.22. The molecule has 2 rings (SSSR count). The number of nitrogens with two attached hydrogens (primary N) is 1. The Labute approximate surface area is 95.4 Å². The minimum absolute atomic E-state index is 0.550. The molecule has 0 aromatic heterocycles. The first-order valence-electron chi connectivity index (χ1n) is 5.53. The Morgan fingerprint density at radius 2 is 2.06 bits per heavy atom. The summed E-state index contributed by atoms with van der Waals surface area (Å²) < 4.78 is 5.17. The van der Waals surface area contributed by atoms with Crippen molar-refractivity contribution in [3.63, 3.8) is 0 Å². The molecule has 0 saturated carbocycles. The summed E-state index contributed by atoms with van der Waals surface area (Å²) >= 11 is 0. The first-order chi connectivity index (χ1) is 7.67. The number of methoxy groups -OCH3 is 1. The van der Waals surface area contributed by atoms with Gasteiger partial charge in [-0.25, -0.2) is 0 Å². The number of hydrogen-bond acceptors (Lipinski definition) is 4. The average molecular weight is 222 g/mol. The molecule has 0 bridgehead atoms. The molecule has 0 radical (unpaired) electrons. The Morgan fingerprint density at radius 3 is 2.69 bits per heavy atom. The van der Waals surface area contributed by atoms with Crippen LogP contribution in [0.2, 0.25) is 0 Å². The second-order valence-electron chi connectivity index (χ2n) is 4.20. The van der Waals surface area contributed by atoms with Gasteiger partial charge in [-0.1, -0.05) is 12.1 Å². The molecule has 88 valence electrons. The number of benzene rings is 1. The van der Waals surface area contributed by atoms with Crippen LogP contribution in [0.25, 0.3) is 0 Å². The molecule has 4 heteroatoms. The summed E-state index contributed by atoms with van der Waals surface area (Å²) in [6.45, 7) is 1.63. The van der Waals surface area contributed by atoms with Crippen LogP contribution in [-0.4, -0.2) is 25.3 Å². The van der Waals surface area contributed by atoms with Crippen molar-refractivity contribution < 1.29 is 9.84 Å². The van der Waals surface area contributed by atoms with E-state index in [2.05, 4.69) is 5.32 Å². The predicted octanol–water partition coefficient (Wildman–Crippen LogP) is 0.848. The molecular formula is C12H18N2O2. The average Bonchev–Trinajstić information content (AvgIpc) is 2.30. The van der Waals surface area contributed by atoms with Crippen molar-refractivity contribution in [2.24, 2.45) is 0 Å². The van der Waals surface area contributed by atoms with Gasteiger partial charge in [-0.3, -0.25) is 0 Å². The molecule has 0 amide bonds. The van der Waals surface area contributed by atoms with Crippen LogP contribution in [-0.2, 0) is 5.60 Å². The molecule has 0 spiro atoms. The van der Waals surface area contributed by atoms with Crippen molar-refractivity contribution in [1.29, 1.82) is 0 Å². The first kappa shape index (κ1) is 11.2. The number of nitrogens with one attached hydrogen (secondary N) is 1. The summed E-state index contributed by atoms with van der Waals surface area (Å²) in [5.74, 6) is 0.629. The van der Waals surface area contributed by atoms with Crippen molar-refractivity contribution in [3.8, 4) is 5.75 Å². The Kier molecular flexibility index (Phi) is 3.03. The second kappa shape index (κ2) is 4.31. The largest absolute Gasteiger partial charge is 0.495 e. The van der Waals surface area contributed by atoms with Gasteiger partial charge in [0.2, 0.25) is 0 Å². The zero-order valence-corrected chi connectivity index (χ0v) is 9.49. The fraction of sp³-hybridized carbons (Fsp3) is 0.500. The molecule has 1 aliphatic heterocycles. The van der Waals surface area contributed by atoms with Crippen LogP contribution in [0.4, 0.5) is 5.69 Å². The summed E-state index contributed by atoms with van der Waals surface area (Å²) in [5, 5.41) is 13.8. The maximum atomic E-state index is 10.6. The van der Waals surface area contributed by atoms with Gasteiger partial charge in [-0.15, -0.1) is 0 Å². The number of aliphatic hydroxyl groups is 1. The molecule has 0 atom stereocenters.